The van der Waals surface area contributed by atoms with Crippen molar-refractivity contribution in [3.8, 4) is 11.4 Å². The van der Waals surface area contributed by atoms with Crippen LogP contribution in [0, 0.1) is 6.92 Å². The van der Waals surface area contributed by atoms with E-state index in [4.69, 9.17) is 4.52 Å². The molecule has 1 atom stereocenters. The van der Waals surface area contributed by atoms with Gasteiger partial charge in [-0.2, -0.15) is 9.35 Å². The molecule has 0 aliphatic rings. The molecule has 0 saturated heterocycles. The van der Waals surface area contributed by atoms with Gasteiger partial charge < -0.3 is 4.52 Å². The second-order valence-corrected chi connectivity index (χ2v) is 7.15. The standard InChI is InChI=1S/C16H15N3O2S/c1-12-17-16(18-21-12)13-7-6-8-14(11-13)19-22(2,20)15-9-4-3-5-10-15/h3-11H,1-2H3. The van der Waals surface area contributed by atoms with Crippen LogP contribution in [0.3, 0.4) is 0 Å². The molecule has 0 bridgehead atoms. The summed E-state index contributed by atoms with van der Waals surface area (Å²) >= 11 is 0. The lowest BCUT2D eigenvalue weighted by Crippen LogP contribution is -1.96. The average molecular weight is 313 g/mol. The van der Waals surface area contributed by atoms with E-state index in [0.717, 1.165) is 5.56 Å². The van der Waals surface area contributed by atoms with Crippen LogP contribution in [0.15, 0.2) is 68.4 Å². The van der Waals surface area contributed by atoms with Crippen LogP contribution >= 0.6 is 0 Å². The second-order valence-electron chi connectivity index (χ2n) is 4.89. The number of rotatable bonds is 3. The van der Waals surface area contributed by atoms with E-state index in [1.807, 2.05) is 48.5 Å². The third-order valence-electron chi connectivity index (χ3n) is 3.09. The molecule has 3 rings (SSSR count). The topological polar surface area (TPSA) is 68.3 Å². The molecular weight excluding hydrogens is 298 g/mol. The van der Waals surface area contributed by atoms with Crippen molar-refractivity contribution < 1.29 is 8.73 Å². The maximum absolute atomic E-state index is 12.8. The zero-order chi connectivity index (χ0) is 15.6. The summed E-state index contributed by atoms with van der Waals surface area (Å²) in [7, 11) is -2.50. The lowest BCUT2D eigenvalue weighted by atomic mass is 10.2. The van der Waals surface area contributed by atoms with Gasteiger partial charge in [0.1, 0.15) is 0 Å². The number of benzene rings is 2. The van der Waals surface area contributed by atoms with E-state index in [0.29, 0.717) is 22.3 Å². The zero-order valence-electron chi connectivity index (χ0n) is 12.3. The van der Waals surface area contributed by atoms with Crippen LogP contribution in [0.5, 0.6) is 0 Å². The van der Waals surface area contributed by atoms with Gasteiger partial charge in [-0.15, -0.1) is 0 Å². The molecule has 0 aliphatic carbocycles. The van der Waals surface area contributed by atoms with Crippen LogP contribution in [0.1, 0.15) is 5.89 Å². The molecule has 3 aromatic rings. The summed E-state index contributed by atoms with van der Waals surface area (Å²) in [5.41, 5.74) is 1.40. The first kappa shape index (κ1) is 14.5. The molecule has 0 saturated carbocycles. The number of hydrogen-bond donors (Lipinski definition) is 0. The fourth-order valence-corrected chi connectivity index (χ4v) is 3.33. The first-order valence-electron chi connectivity index (χ1n) is 6.72. The Kier molecular flexibility index (Phi) is 3.77. The van der Waals surface area contributed by atoms with Gasteiger partial charge in [-0.25, -0.2) is 4.21 Å². The van der Waals surface area contributed by atoms with Crippen LogP contribution in [-0.2, 0) is 9.73 Å². The molecule has 22 heavy (non-hydrogen) atoms. The minimum Gasteiger partial charge on any atom is -0.339 e. The maximum atomic E-state index is 12.8. The highest BCUT2D eigenvalue weighted by Gasteiger charge is 2.08. The summed E-state index contributed by atoms with van der Waals surface area (Å²) in [6.45, 7) is 1.74. The Hall–Kier alpha value is -2.47. The smallest absolute Gasteiger partial charge is 0.223 e. The summed E-state index contributed by atoms with van der Waals surface area (Å²) in [5, 5.41) is 3.88. The minimum atomic E-state index is -2.50. The van der Waals surface area contributed by atoms with Crippen molar-refractivity contribution in [2.75, 3.05) is 6.26 Å². The molecule has 112 valence electrons. The highest BCUT2D eigenvalue weighted by atomic mass is 32.2. The van der Waals surface area contributed by atoms with E-state index >= 15 is 0 Å². The van der Waals surface area contributed by atoms with Crippen molar-refractivity contribution in [2.45, 2.75) is 11.8 Å². The Labute approximate surface area is 129 Å². The van der Waals surface area contributed by atoms with Gasteiger partial charge in [-0.05, 0) is 24.3 Å². The van der Waals surface area contributed by atoms with Gasteiger partial charge in [0, 0.05) is 23.6 Å². The van der Waals surface area contributed by atoms with E-state index < -0.39 is 9.73 Å². The first-order chi connectivity index (χ1) is 10.5. The normalized spacial score (nSPS) is 13.5. The van der Waals surface area contributed by atoms with Gasteiger partial charge in [0.15, 0.2) is 0 Å². The van der Waals surface area contributed by atoms with Crippen molar-refractivity contribution >= 4 is 15.4 Å². The van der Waals surface area contributed by atoms with Gasteiger partial charge in [-0.3, -0.25) is 0 Å². The van der Waals surface area contributed by atoms with E-state index in [2.05, 4.69) is 14.5 Å². The lowest BCUT2D eigenvalue weighted by molar-refractivity contribution is 0.394. The summed E-state index contributed by atoms with van der Waals surface area (Å²) in [5.74, 6) is 0.998. The van der Waals surface area contributed by atoms with Gasteiger partial charge >= 0.3 is 0 Å². The van der Waals surface area contributed by atoms with Crippen LogP contribution in [-0.4, -0.2) is 20.6 Å². The Balaban J connectivity index is 2.03. The molecule has 0 spiro atoms. The summed E-state index contributed by atoms with van der Waals surface area (Å²) in [6, 6.07) is 16.5. The molecule has 5 nitrogen and oxygen atoms in total. The molecule has 0 radical (unpaired) electrons. The van der Waals surface area contributed by atoms with Crippen LogP contribution in [0.2, 0.25) is 0 Å². The van der Waals surface area contributed by atoms with Crippen molar-refractivity contribution in [1.29, 1.82) is 0 Å². The number of aryl methyl sites for hydroxylation is 1. The highest BCUT2D eigenvalue weighted by molar-refractivity contribution is 7.93. The fraction of sp³-hybridized carbons (Fsp3) is 0.125. The summed E-state index contributed by atoms with van der Waals surface area (Å²) in [4.78, 5) is 4.89. The van der Waals surface area contributed by atoms with E-state index in [9.17, 15) is 4.21 Å². The third kappa shape index (κ3) is 3.07. The van der Waals surface area contributed by atoms with Gasteiger partial charge in [0.2, 0.25) is 11.7 Å². The number of aromatic nitrogens is 2. The molecular formula is C16H15N3O2S. The largest absolute Gasteiger partial charge is 0.339 e. The predicted octanol–water partition coefficient (Wildman–Crippen LogP) is 3.83. The van der Waals surface area contributed by atoms with E-state index in [1.54, 1.807) is 19.2 Å². The molecule has 6 heteroatoms. The van der Waals surface area contributed by atoms with Crippen LogP contribution in [0.4, 0.5) is 5.69 Å². The maximum Gasteiger partial charge on any atom is 0.223 e. The van der Waals surface area contributed by atoms with Gasteiger partial charge in [-0.1, -0.05) is 35.5 Å². The lowest BCUT2D eigenvalue weighted by Gasteiger charge is -2.04. The summed E-state index contributed by atoms with van der Waals surface area (Å²) in [6.07, 6.45) is 1.63. The Morgan fingerprint density at radius 2 is 1.86 bits per heavy atom. The highest BCUT2D eigenvalue weighted by Crippen LogP contribution is 2.24. The first-order valence-corrected chi connectivity index (χ1v) is 8.65. The van der Waals surface area contributed by atoms with E-state index in [-0.39, 0.29) is 0 Å². The Morgan fingerprint density at radius 3 is 2.55 bits per heavy atom. The second kappa shape index (κ2) is 5.73. The minimum absolute atomic E-state index is 0.497. The summed E-state index contributed by atoms with van der Waals surface area (Å²) < 4.78 is 22.2. The molecule has 1 unspecified atom stereocenters. The Bertz CT molecular complexity index is 910. The molecule has 0 N–H and O–H groups in total. The SMILES string of the molecule is Cc1nc(-c2cccc(N=S(C)(=O)c3ccccc3)c2)no1. The molecule has 0 fully saturated rings. The van der Waals surface area contributed by atoms with Crippen molar-refractivity contribution in [1.82, 2.24) is 10.1 Å². The average Bonchev–Trinajstić information content (AvgIpc) is 2.95. The molecule has 0 amide bonds. The monoisotopic (exact) mass is 313 g/mol. The molecule has 1 aromatic heterocycles. The number of hydrogen-bond acceptors (Lipinski definition) is 5. The van der Waals surface area contributed by atoms with Crippen molar-refractivity contribution in [2.24, 2.45) is 4.36 Å². The van der Waals surface area contributed by atoms with Gasteiger partial charge in [0.05, 0.1) is 15.4 Å². The van der Waals surface area contributed by atoms with Gasteiger partial charge in [0.25, 0.3) is 0 Å². The van der Waals surface area contributed by atoms with E-state index in [1.165, 1.54) is 0 Å². The van der Waals surface area contributed by atoms with Crippen LogP contribution in [0.25, 0.3) is 11.4 Å². The number of nitrogens with zero attached hydrogens (tertiary/aromatic N) is 3. The quantitative estimate of drug-likeness (QED) is 0.737. The van der Waals surface area contributed by atoms with Crippen molar-refractivity contribution in [3.63, 3.8) is 0 Å². The molecule has 2 aromatic carbocycles. The fourth-order valence-electron chi connectivity index (χ4n) is 2.05. The molecule has 1 heterocycles. The van der Waals surface area contributed by atoms with Crippen molar-refractivity contribution in [3.05, 3.63) is 60.5 Å². The molecule has 0 aliphatic heterocycles. The predicted molar refractivity (Wildman–Crippen MR) is 85.3 cm³/mol. The van der Waals surface area contributed by atoms with Crippen LogP contribution < -0.4 is 0 Å². The third-order valence-corrected chi connectivity index (χ3v) is 4.80. The zero-order valence-corrected chi connectivity index (χ0v) is 13.1. The Morgan fingerprint density at radius 1 is 1.09 bits per heavy atom.